The molecule has 138 valence electrons. The molecular formula is C19H21ClN2O3S. The molecule has 0 spiro atoms. The highest BCUT2D eigenvalue weighted by atomic mass is 35.5. The molecule has 0 atom stereocenters. The molecule has 0 fully saturated rings. The van der Waals surface area contributed by atoms with Crippen LogP contribution in [-0.4, -0.2) is 23.7 Å². The second-order valence-corrected chi connectivity index (χ2v) is 7.27. The number of carbonyl (C=O) groups is 1. The van der Waals surface area contributed by atoms with Crippen LogP contribution in [0.4, 0.5) is 5.69 Å². The number of amides is 1. The molecule has 1 aromatic carbocycles. The van der Waals surface area contributed by atoms with E-state index in [4.69, 9.17) is 21.1 Å². The van der Waals surface area contributed by atoms with Crippen molar-refractivity contribution >= 4 is 44.7 Å². The average molecular weight is 393 g/mol. The van der Waals surface area contributed by atoms with Crippen LogP contribution in [0.2, 0.25) is 4.34 Å². The molecule has 1 amide bonds. The number of rotatable bonds is 7. The Balaban J connectivity index is 1.94. The van der Waals surface area contributed by atoms with Gasteiger partial charge in [-0.05, 0) is 45.0 Å². The SMILES string of the molecule is CCOc1ccc(OCC)c(NC(=O)c2cc3sc(Cl)cc3n2CC)c1. The summed E-state index contributed by atoms with van der Waals surface area (Å²) in [4.78, 5) is 12.9. The smallest absolute Gasteiger partial charge is 0.272 e. The minimum Gasteiger partial charge on any atom is -0.494 e. The van der Waals surface area contributed by atoms with Gasteiger partial charge in [-0.15, -0.1) is 11.3 Å². The monoisotopic (exact) mass is 392 g/mol. The molecule has 2 heterocycles. The van der Waals surface area contributed by atoms with E-state index in [0.29, 0.717) is 47.0 Å². The predicted molar refractivity (Wildman–Crippen MR) is 107 cm³/mol. The normalized spacial score (nSPS) is 10.9. The van der Waals surface area contributed by atoms with Gasteiger partial charge < -0.3 is 19.4 Å². The van der Waals surface area contributed by atoms with Crippen molar-refractivity contribution in [1.29, 1.82) is 0 Å². The summed E-state index contributed by atoms with van der Waals surface area (Å²) in [5.41, 5.74) is 2.16. The van der Waals surface area contributed by atoms with Gasteiger partial charge in [-0.3, -0.25) is 4.79 Å². The lowest BCUT2D eigenvalue weighted by Gasteiger charge is -2.14. The Kier molecular flexibility index (Phi) is 5.74. The Morgan fingerprint density at radius 2 is 1.92 bits per heavy atom. The Hall–Kier alpha value is -2.18. The summed E-state index contributed by atoms with van der Waals surface area (Å²) in [7, 11) is 0. The van der Waals surface area contributed by atoms with Gasteiger partial charge in [0.05, 0.1) is 33.5 Å². The van der Waals surface area contributed by atoms with Gasteiger partial charge in [-0.1, -0.05) is 11.6 Å². The highest BCUT2D eigenvalue weighted by Gasteiger charge is 2.18. The van der Waals surface area contributed by atoms with E-state index in [1.54, 1.807) is 12.1 Å². The van der Waals surface area contributed by atoms with Crippen molar-refractivity contribution in [2.75, 3.05) is 18.5 Å². The van der Waals surface area contributed by atoms with E-state index >= 15 is 0 Å². The van der Waals surface area contributed by atoms with Gasteiger partial charge in [-0.25, -0.2) is 0 Å². The largest absolute Gasteiger partial charge is 0.494 e. The van der Waals surface area contributed by atoms with E-state index in [-0.39, 0.29) is 5.91 Å². The Morgan fingerprint density at radius 1 is 1.15 bits per heavy atom. The Bertz CT molecular complexity index is 932. The van der Waals surface area contributed by atoms with Gasteiger partial charge in [0.2, 0.25) is 0 Å². The second-order valence-electron chi connectivity index (χ2n) is 5.55. The number of aryl methyl sites for hydroxylation is 1. The number of hydrogen-bond acceptors (Lipinski definition) is 4. The van der Waals surface area contributed by atoms with Crippen LogP contribution in [0.1, 0.15) is 31.3 Å². The molecule has 0 saturated carbocycles. The van der Waals surface area contributed by atoms with E-state index in [1.807, 2.05) is 43.5 Å². The molecule has 0 aliphatic rings. The van der Waals surface area contributed by atoms with Crippen LogP contribution >= 0.6 is 22.9 Å². The number of nitrogens with zero attached hydrogens (tertiary/aromatic N) is 1. The number of aromatic nitrogens is 1. The maximum absolute atomic E-state index is 12.9. The minimum absolute atomic E-state index is 0.194. The molecule has 7 heteroatoms. The van der Waals surface area contributed by atoms with E-state index in [1.165, 1.54) is 11.3 Å². The molecule has 2 aromatic heterocycles. The number of benzene rings is 1. The molecule has 0 saturated heterocycles. The van der Waals surface area contributed by atoms with Crippen LogP contribution in [0.3, 0.4) is 0 Å². The first kappa shape index (κ1) is 18.6. The van der Waals surface area contributed by atoms with Crippen LogP contribution in [0.15, 0.2) is 30.3 Å². The lowest BCUT2D eigenvalue weighted by molar-refractivity contribution is 0.101. The number of carbonyl (C=O) groups excluding carboxylic acids is 1. The zero-order chi connectivity index (χ0) is 18.7. The fourth-order valence-corrected chi connectivity index (χ4v) is 4.05. The first-order valence-corrected chi connectivity index (χ1v) is 9.76. The highest BCUT2D eigenvalue weighted by Crippen LogP contribution is 2.34. The number of nitrogens with one attached hydrogen (secondary N) is 1. The van der Waals surface area contributed by atoms with Crippen LogP contribution in [0.5, 0.6) is 11.5 Å². The molecule has 1 N–H and O–H groups in total. The van der Waals surface area contributed by atoms with Crippen LogP contribution in [0, 0.1) is 0 Å². The molecule has 0 aliphatic heterocycles. The standard InChI is InChI=1S/C19H21ClN2O3S/c1-4-22-14-11-18(20)26-17(14)10-15(22)19(23)21-13-9-12(24-5-2)7-8-16(13)25-6-3/h7-11H,4-6H2,1-3H3,(H,21,23). The van der Waals surface area contributed by atoms with Crippen molar-refractivity contribution in [3.8, 4) is 11.5 Å². The Labute approximate surface area is 161 Å². The third-order valence-corrected chi connectivity index (χ3v) is 5.12. The summed E-state index contributed by atoms with van der Waals surface area (Å²) in [5.74, 6) is 1.11. The van der Waals surface area contributed by atoms with Gasteiger partial charge in [0.15, 0.2) is 0 Å². The summed E-state index contributed by atoms with van der Waals surface area (Å²) in [6, 6.07) is 9.18. The molecule has 0 aliphatic carbocycles. The van der Waals surface area contributed by atoms with Crippen LogP contribution in [0.25, 0.3) is 10.2 Å². The molecule has 0 bridgehead atoms. The van der Waals surface area contributed by atoms with Gasteiger partial charge in [0.25, 0.3) is 5.91 Å². The quantitative estimate of drug-likeness (QED) is 0.583. The van der Waals surface area contributed by atoms with E-state index in [9.17, 15) is 4.79 Å². The number of thiophene rings is 1. The number of halogens is 1. The summed E-state index contributed by atoms with van der Waals surface area (Å²) in [6.07, 6.45) is 0. The van der Waals surface area contributed by atoms with Crippen molar-refractivity contribution in [3.63, 3.8) is 0 Å². The summed E-state index contributed by atoms with van der Waals surface area (Å²) in [5, 5.41) is 2.96. The maximum Gasteiger partial charge on any atom is 0.272 e. The van der Waals surface area contributed by atoms with Crippen LogP contribution < -0.4 is 14.8 Å². The topological polar surface area (TPSA) is 52.5 Å². The van der Waals surface area contributed by atoms with Crippen molar-refractivity contribution in [3.05, 3.63) is 40.4 Å². The van der Waals surface area contributed by atoms with E-state index < -0.39 is 0 Å². The van der Waals surface area contributed by atoms with Gasteiger partial charge >= 0.3 is 0 Å². The van der Waals surface area contributed by atoms with Crippen molar-refractivity contribution in [2.24, 2.45) is 0 Å². The fourth-order valence-electron chi connectivity index (χ4n) is 2.87. The summed E-state index contributed by atoms with van der Waals surface area (Å²) >= 11 is 7.56. The van der Waals surface area contributed by atoms with Crippen LogP contribution in [-0.2, 0) is 6.54 Å². The Morgan fingerprint density at radius 3 is 2.62 bits per heavy atom. The lowest BCUT2D eigenvalue weighted by atomic mass is 10.2. The molecule has 26 heavy (non-hydrogen) atoms. The zero-order valence-corrected chi connectivity index (χ0v) is 16.5. The lowest BCUT2D eigenvalue weighted by Crippen LogP contribution is -2.17. The first-order chi connectivity index (χ1) is 12.6. The van der Waals surface area contributed by atoms with Gasteiger partial charge in [-0.2, -0.15) is 0 Å². The minimum atomic E-state index is -0.194. The summed E-state index contributed by atoms with van der Waals surface area (Å²) in [6.45, 7) is 7.57. The first-order valence-electron chi connectivity index (χ1n) is 8.56. The molecule has 0 radical (unpaired) electrons. The average Bonchev–Trinajstić information content (AvgIpc) is 3.13. The third kappa shape index (κ3) is 3.66. The third-order valence-electron chi connectivity index (χ3n) is 3.92. The number of anilines is 1. The second kappa shape index (κ2) is 8.01. The number of hydrogen-bond donors (Lipinski definition) is 1. The van der Waals surface area contributed by atoms with Gasteiger partial charge in [0, 0.05) is 12.6 Å². The van der Waals surface area contributed by atoms with Gasteiger partial charge in [0.1, 0.15) is 17.2 Å². The van der Waals surface area contributed by atoms with E-state index in [2.05, 4.69) is 5.32 Å². The summed E-state index contributed by atoms with van der Waals surface area (Å²) < 4.78 is 14.8. The predicted octanol–water partition coefficient (Wildman–Crippen LogP) is 5.43. The molecule has 5 nitrogen and oxygen atoms in total. The number of fused-ring (bicyclic) bond motifs is 1. The van der Waals surface area contributed by atoms with E-state index in [0.717, 1.165) is 10.2 Å². The van der Waals surface area contributed by atoms with Crippen molar-refractivity contribution in [1.82, 2.24) is 4.57 Å². The fraction of sp³-hybridized carbons (Fsp3) is 0.316. The molecule has 3 rings (SSSR count). The number of ether oxygens (including phenoxy) is 2. The molecule has 0 unspecified atom stereocenters. The maximum atomic E-state index is 12.9. The van der Waals surface area contributed by atoms with Crippen molar-refractivity contribution in [2.45, 2.75) is 27.3 Å². The highest BCUT2D eigenvalue weighted by molar-refractivity contribution is 7.22. The molecule has 3 aromatic rings. The molecular weight excluding hydrogens is 372 g/mol. The van der Waals surface area contributed by atoms with Crippen molar-refractivity contribution < 1.29 is 14.3 Å². The zero-order valence-electron chi connectivity index (χ0n) is 15.0.